The van der Waals surface area contributed by atoms with Gasteiger partial charge in [0.2, 0.25) is 0 Å². The minimum absolute atomic E-state index is 0.435. The molecular weight excluding hydrogens is 348 g/mol. The minimum Gasteiger partial charge on any atom is -0.493 e. The third kappa shape index (κ3) is 5.50. The molecule has 0 fully saturated rings. The van der Waals surface area contributed by atoms with Crippen molar-refractivity contribution < 1.29 is 9.47 Å². The first-order valence-corrected chi connectivity index (χ1v) is 9.80. The summed E-state index contributed by atoms with van der Waals surface area (Å²) in [7, 11) is 5.45. The molecular formula is C24H32N2O2. The molecule has 150 valence electrons. The third-order valence-electron chi connectivity index (χ3n) is 5.43. The molecule has 0 aliphatic carbocycles. The van der Waals surface area contributed by atoms with Crippen LogP contribution in [0.1, 0.15) is 36.5 Å². The summed E-state index contributed by atoms with van der Waals surface area (Å²) in [4.78, 5) is 2.33. The first-order valence-electron chi connectivity index (χ1n) is 9.80. The van der Waals surface area contributed by atoms with Crippen molar-refractivity contribution >= 4 is 0 Å². The number of nitriles is 1. The zero-order valence-corrected chi connectivity index (χ0v) is 17.8. The van der Waals surface area contributed by atoms with E-state index in [1.807, 2.05) is 24.3 Å². The Hall–Kier alpha value is -2.51. The van der Waals surface area contributed by atoms with E-state index in [4.69, 9.17) is 9.47 Å². The molecule has 0 heterocycles. The van der Waals surface area contributed by atoms with Gasteiger partial charge < -0.3 is 14.4 Å². The first kappa shape index (κ1) is 21.8. The molecule has 0 saturated carbocycles. The SMILES string of the molecule is COc1ccc(CCN(C)CCCC(C)(C#N)c2ccccc2C)cc1OC. The molecule has 2 aromatic carbocycles. The van der Waals surface area contributed by atoms with Crippen molar-refractivity contribution in [2.45, 2.75) is 38.5 Å². The standard InChI is InChI=1S/C24H32N2O2/c1-19-9-6-7-10-21(19)24(2,18-25)14-8-15-26(3)16-13-20-11-12-22(27-4)23(17-20)28-5/h6-7,9-12,17H,8,13-16H2,1-5H3. The Bertz CT molecular complexity index is 812. The zero-order valence-electron chi connectivity index (χ0n) is 17.8. The van der Waals surface area contributed by atoms with Gasteiger partial charge >= 0.3 is 0 Å². The van der Waals surface area contributed by atoms with Crippen LogP contribution in [0.25, 0.3) is 0 Å². The lowest BCUT2D eigenvalue weighted by molar-refractivity contribution is 0.318. The molecule has 0 bridgehead atoms. The van der Waals surface area contributed by atoms with Gasteiger partial charge in [0, 0.05) is 6.54 Å². The van der Waals surface area contributed by atoms with Crippen LogP contribution in [-0.4, -0.2) is 39.3 Å². The van der Waals surface area contributed by atoms with E-state index < -0.39 is 5.41 Å². The summed E-state index contributed by atoms with van der Waals surface area (Å²) in [5.41, 5.74) is 3.13. The second kappa shape index (κ2) is 10.1. The lowest BCUT2D eigenvalue weighted by atomic mass is 9.78. The van der Waals surface area contributed by atoms with E-state index in [2.05, 4.69) is 50.1 Å². The van der Waals surface area contributed by atoms with E-state index in [9.17, 15) is 5.26 Å². The average molecular weight is 381 g/mol. The molecule has 0 spiro atoms. The summed E-state index contributed by atoms with van der Waals surface area (Å²) in [5, 5.41) is 9.79. The number of benzene rings is 2. The molecule has 2 rings (SSSR count). The Morgan fingerprint density at radius 2 is 1.75 bits per heavy atom. The van der Waals surface area contributed by atoms with Gasteiger partial charge in [0.25, 0.3) is 0 Å². The van der Waals surface area contributed by atoms with E-state index in [0.29, 0.717) is 0 Å². The smallest absolute Gasteiger partial charge is 0.160 e. The number of hydrogen-bond donors (Lipinski definition) is 0. The Balaban J connectivity index is 1.86. The molecule has 0 radical (unpaired) electrons. The van der Waals surface area contributed by atoms with Crippen molar-refractivity contribution in [3.63, 3.8) is 0 Å². The predicted octanol–water partition coefficient (Wildman–Crippen LogP) is 4.75. The van der Waals surface area contributed by atoms with Crippen LogP contribution in [-0.2, 0) is 11.8 Å². The normalized spacial score (nSPS) is 13.0. The number of ether oxygens (including phenoxy) is 2. The number of nitrogens with zero attached hydrogens (tertiary/aromatic N) is 2. The molecule has 0 N–H and O–H groups in total. The van der Waals surface area contributed by atoms with Crippen molar-refractivity contribution in [2.75, 3.05) is 34.4 Å². The second-order valence-corrected chi connectivity index (χ2v) is 7.60. The lowest BCUT2D eigenvalue weighted by Crippen LogP contribution is -2.26. The van der Waals surface area contributed by atoms with Gasteiger partial charge in [0.05, 0.1) is 25.7 Å². The topological polar surface area (TPSA) is 45.5 Å². The van der Waals surface area contributed by atoms with Crippen LogP contribution >= 0.6 is 0 Å². The summed E-state index contributed by atoms with van der Waals surface area (Å²) in [5.74, 6) is 1.53. The van der Waals surface area contributed by atoms with Crippen LogP contribution in [0.3, 0.4) is 0 Å². The van der Waals surface area contributed by atoms with E-state index in [1.54, 1.807) is 14.2 Å². The van der Waals surface area contributed by atoms with Gasteiger partial charge in [0.15, 0.2) is 11.5 Å². The first-order chi connectivity index (χ1) is 13.4. The quantitative estimate of drug-likeness (QED) is 0.597. The number of rotatable bonds is 10. The summed E-state index contributed by atoms with van der Waals surface area (Å²) in [6.07, 6.45) is 2.79. The Labute approximate surface area is 169 Å². The van der Waals surface area contributed by atoms with Gasteiger partial charge in [-0.2, -0.15) is 5.26 Å². The molecule has 0 aliphatic rings. The molecule has 0 saturated heterocycles. The summed E-state index contributed by atoms with van der Waals surface area (Å²) < 4.78 is 10.7. The van der Waals surface area contributed by atoms with Gasteiger partial charge in [0.1, 0.15) is 0 Å². The number of methoxy groups -OCH3 is 2. The van der Waals surface area contributed by atoms with Crippen LogP contribution in [0.4, 0.5) is 0 Å². The van der Waals surface area contributed by atoms with Crippen LogP contribution in [0.15, 0.2) is 42.5 Å². The highest BCUT2D eigenvalue weighted by molar-refractivity contribution is 5.43. The molecule has 2 aromatic rings. The summed E-state index contributed by atoms with van der Waals surface area (Å²) >= 11 is 0. The van der Waals surface area contributed by atoms with Crippen LogP contribution in [0.2, 0.25) is 0 Å². The zero-order chi connectivity index (χ0) is 20.6. The molecule has 4 heteroatoms. The fraction of sp³-hybridized carbons (Fsp3) is 0.458. The van der Waals surface area contributed by atoms with Crippen molar-refractivity contribution in [1.82, 2.24) is 4.90 Å². The van der Waals surface area contributed by atoms with Crippen molar-refractivity contribution in [3.05, 3.63) is 59.2 Å². The van der Waals surface area contributed by atoms with Crippen molar-refractivity contribution in [2.24, 2.45) is 0 Å². The van der Waals surface area contributed by atoms with Crippen molar-refractivity contribution in [1.29, 1.82) is 5.26 Å². The van der Waals surface area contributed by atoms with Gasteiger partial charge in [-0.3, -0.25) is 0 Å². The van der Waals surface area contributed by atoms with E-state index in [1.165, 1.54) is 11.1 Å². The maximum atomic E-state index is 9.79. The molecule has 0 aromatic heterocycles. The van der Waals surface area contributed by atoms with Crippen LogP contribution in [0.5, 0.6) is 11.5 Å². The molecule has 0 amide bonds. The Kier molecular flexibility index (Phi) is 7.90. The molecule has 1 atom stereocenters. The molecule has 1 unspecified atom stereocenters. The Morgan fingerprint density at radius 1 is 1.04 bits per heavy atom. The van der Waals surface area contributed by atoms with Crippen LogP contribution < -0.4 is 9.47 Å². The number of likely N-dealkylation sites (N-methyl/N-ethyl adjacent to an activating group) is 1. The highest BCUT2D eigenvalue weighted by Gasteiger charge is 2.27. The highest BCUT2D eigenvalue weighted by atomic mass is 16.5. The van der Waals surface area contributed by atoms with E-state index in [-0.39, 0.29) is 0 Å². The van der Waals surface area contributed by atoms with Gasteiger partial charge in [-0.25, -0.2) is 0 Å². The summed E-state index contributed by atoms with van der Waals surface area (Å²) in [6.45, 7) is 6.07. The molecule has 28 heavy (non-hydrogen) atoms. The fourth-order valence-electron chi connectivity index (χ4n) is 3.61. The number of hydrogen-bond acceptors (Lipinski definition) is 4. The van der Waals surface area contributed by atoms with Gasteiger partial charge in [-0.05, 0) is 75.5 Å². The maximum Gasteiger partial charge on any atom is 0.160 e. The highest BCUT2D eigenvalue weighted by Crippen LogP contribution is 2.31. The molecule has 4 nitrogen and oxygen atoms in total. The monoisotopic (exact) mass is 380 g/mol. The summed E-state index contributed by atoms with van der Waals surface area (Å²) in [6, 6.07) is 16.8. The minimum atomic E-state index is -0.435. The van der Waals surface area contributed by atoms with Crippen LogP contribution in [0, 0.1) is 18.3 Å². The predicted molar refractivity (Wildman–Crippen MR) is 114 cm³/mol. The van der Waals surface area contributed by atoms with E-state index in [0.717, 1.165) is 49.4 Å². The van der Waals surface area contributed by atoms with Crippen molar-refractivity contribution in [3.8, 4) is 17.6 Å². The average Bonchev–Trinajstić information content (AvgIpc) is 2.72. The second-order valence-electron chi connectivity index (χ2n) is 7.60. The van der Waals surface area contributed by atoms with Gasteiger partial charge in [-0.1, -0.05) is 30.3 Å². The Morgan fingerprint density at radius 3 is 2.39 bits per heavy atom. The molecule has 0 aliphatic heterocycles. The van der Waals surface area contributed by atoms with E-state index >= 15 is 0 Å². The van der Waals surface area contributed by atoms with Gasteiger partial charge in [-0.15, -0.1) is 0 Å². The number of aryl methyl sites for hydroxylation is 1. The maximum absolute atomic E-state index is 9.79. The third-order valence-corrected chi connectivity index (χ3v) is 5.43. The lowest BCUT2D eigenvalue weighted by Gasteiger charge is -2.25. The fourth-order valence-corrected chi connectivity index (χ4v) is 3.61. The largest absolute Gasteiger partial charge is 0.493 e.